The number of hydrogen-bond donors (Lipinski definition) is 1. The fourth-order valence-electron chi connectivity index (χ4n) is 1.41. The molecule has 0 radical (unpaired) electrons. The molecular formula is C11H19N3O2. The van der Waals surface area contributed by atoms with Gasteiger partial charge in [0, 0.05) is 25.0 Å². The van der Waals surface area contributed by atoms with Gasteiger partial charge in [-0.3, -0.25) is 9.69 Å². The van der Waals surface area contributed by atoms with Crippen LogP contribution in [0.5, 0.6) is 0 Å². The Balaban J connectivity index is 2.79. The molecule has 1 rings (SSSR count). The fourth-order valence-corrected chi connectivity index (χ4v) is 1.41. The van der Waals surface area contributed by atoms with Crippen LogP contribution in [0.4, 0.5) is 0 Å². The van der Waals surface area contributed by atoms with Crippen molar-refractivity contribution < 1.29 is 9.90 Å². The van der Waals surface area contributed by atoms with Gasteiger partial charge >= 0.3 is 5.97 Å². The van der Waals surface area contributed by atoms with E-state index in [1.54, 1.807) is 6.20 Å². The van der Waals surface area contributed by atoms with Crippen molar-refractivity contribution in [3.05, 3.63) is 18.2 Å². The highest BCUT2D eigenvalue weighted by Crippen LogP contribution is 2.15. The van der Waals surface area contributed by atoms with Gasteiger partial charge in [0.1, 0.15) is 5.82 Å². The van der Waals surface area contributed by atoms with Crippen LogP contribution in [0.1, 0.15) is 26.6 Å². The van der Waals surface area contributed by atoms with Crippen LogP contribution in [0.25, 0.3) is 0 Å². The van der Waals surface area contributed by atoms with Crippen LogP contribution in [-0.4, -0.2) is 37.6 Å². The molecule has 0 saturated carbocycles. The van der Waals surface area contributed by atoms with Gasteiger partial charge < -0.3 is 9.67 Å². The zero-order chi connectivity index (χ0) is 12.3. The number of aromatic nitrogens is 2. The summed E-state index contributed by atoms with van der Waals surface area (Å²) in [6, 6.07) is 0. The maximum absolute atomic E-state index is 10.8. The summed E-state index contributed by atoms with van der Waals surface area (Å²) in [4.78, 5) is 16.9. The Bertz CT molecular complexity index is 366. The molecular weight excluding hydrogens is 206 g/mol. The van der Waals surface area contributed by atoms with Gasteiger partial charge in [-0.25, -0.2) is 4.98 Å². The molecule has 0 bridgehead atoms. The zero-order valence-corrected chi connectivity index (χ0v) is 10.3. The van der Waals surface area contributed by atoms with E-state index in [4.69, 9.17) is 5.11 Å². The molecule has 5 nitrogen and oxygen atoms in total. The predicted octanol–water partition coefficient (Wildman–Crippen LogP) is 1.11. The van der Waals surface area contributed by atoms with Crippen molar-refractivity contribution in [1.82, 2.24) is 14.5 Å². The van der Waals surface area contributed by atoms with E-state index in [1.807, 2.05) is 43.5 Å². The van der Waals surface area contributed by atoms with Crippen molar-refractivity contribution in [2.75, 3.05) is 6.54 Å². The maximum atomic E-state index is 10.8. The zero-order valence-electron chi connectivity index (χ0n) is 10.3. The first-order valence-electron chi connectivity index (χ1n) is 5.24. The van der Waals surface area contributed by atoms with E-state index in [1.165, 1.54) is 0 Å². The van der Waals surface area contributed by atoms with Crippen molar-refractivity contribution in [2.24, 2.45) is 7.05 Å². The highest BCUT2D eigenvalue weighted by atomic mass is 16.4. The van der Waals surface area contributed by atoms with Gasteiger partial charge in [-0.2, -0.15) is 0 Å². The smallest absolute Gasteiger partial charge is 0.317 e. The molecule has 1 aromatic heterocycles. The number of imidazole rings is 1. The summed E-state index contributed by atoms with van der Waals surface area (Å²) in [6.45, 7) is 6.56. The Morgan fingerprint density at radius 1 is 1.56 bits per heavy atom. The Hall–Kier alpha value is -1.36. The first kappa shape index (κ1) is 12.7. The number of carboxylic acids is 1. The second kappa shape index (κ2) is 4.65. The summed E-state index contributed by atoms with van der Waals surface area (Å²) in [7, 11) is 1.91. The molecule has 1 heterocycles. The molecule has 0 atom stereocenters. The van der Waals surface area contributed by atoms with Gasteiger partial charge in [0.2, 0.25) is 0 Å². The molecule has 16 heavy (non-hydrogen) atoms. The number of carbonyl (C=O) groups is 1. The average Bonchev–Trinajstić information content (AvgIpc) is 2.48. The van der Waals surface area contributed by atoms with Gasteiger partial charge in [-0.05, 0) is 20.8 Å². The summed E-state index contributed by atoms with van der Waals surface area (Å²) in [5.41, 5.74) is -0.190. The number of aliphatic carboxylic acids is 1. The highest BCUT2D eigenvalue weighted by molar-refractivity contribution is 5.69. The number of aryl methyl sites for hydroxylation is 1. The second-order valence-corrected chi connectivity index (χ2v) is 4.87. The van der Waals surface area contributed by atoms with Gasteiger partial charge in [0.15, 0.2) is 0 Å². The van der Waals surface area contributed by atoms with Gasteiger partial charge in [-0.1, -0.05) is 0 Å². The van der Waals surface area contributed by atoms with Crippen LogP contribution < -0.4 is 0 Å². The summed E-state index contributed by atoms with van der Waals surface area (Å²) in [5, 5.41) is 8.88. The Morgan fingerprint density at radius 2 is 2.19 bits per heavy atom. The Labute approximate surface area is 95.7 Å². The minimum Gasteiger partial charge on any atom is -0.480 e. The van der Waals surface area contributed by atoms with E-state index >= 15 is 0 Å². The minimum atomic E-state index is -0.816. The third-order valence-electron chi connectivity index (χ3n) is 2.53. The first-order chi connectivity index (χ1) is 7.30. The summed E-state index contributed by atoms with van der Waals surface area (Å²) >= 11 is 0. The van der Waals surface area contributed by atoms with E-state index in [9.17, 15) is 4.79 Å². The lowest BCUT2D eigenvalue weighted by Gasteiger charge is -2.33. The van der Waals surface area contributed by atoms with Crippen molar-refractivity contribution in [3.8, 4) is 0 Å². The Kier molecular flexibility index (Phi) is 3.70. The molecule has 0 saturated heterocycles. The third kappa shape index (κ3) is 3.34. The van der Waals surface area contributed by atoms with Crippen LogP contribution in [0, 0.1) is 0 Å². The number of carboxylic acid groups (broad SMARTS) is 1. The minimum absolute atomic E-state index is 0.0242. The number of rotatable bonds is 4. The number of nitrogens with zero attached hydrogens (tertiary/aromatic N) is 3. The van der Waals surface area contributed by atoms with Crippen LogP contribution in [0.2, 0.25) is 0 Å². The Morgan fingerprint density at radius 3 is 2.56 bits per heavy atom. The molecule has 0 amide bonds. The SMILES string of the molecule is Cn1ccnc1CN(CC(=O)O)C(C)(C)C. The molecule has 5 heteroatoms. The van der Waals surface area contributed by atoms with Crippen LogP contribution in [-0.2, 0) is 18.4 Å². The van der Waals surface area contributed by atoms with Crippen molar-refractivity contribution >= 4 is 5.97 Å². The molecule has 90 valence electrons. The van der Waals surface area contributed by atoms with E-state index < -0.39 is 5.97 Å². The molecule has 0 aliphatic heterocycles. The van der Waals surface area contributed by atoms with Crippen molar-refractivity contribution in [3.63, 3.8) is 0 Å². The lowest BCUT2D eigenvalue weighted by molar-refractivity contribution is -0.140. The summed E-state index contributed by atoms with van der Waals surface area (Å²) in [6.07, 6.45) is 3.58. The summed E-state index contributed by atoms with van der Waals surface area (Å²) < 4.78 is 1.90. The molecule has 1 N–H and O–H groups in total. The third-order valence-corrected chi connectivity index (χ3v) is 2.53. The quantitative estimate of drug-likeness (QED) is 0.833. The molecule has 0 fully saturated rings. The fraction of sp³-hybridized carbons (Fsp3) is 0.636. The van der Waals surface area contributed by atoms with Gasteiger partial charge in [0.25, 0.3) is 0 Å². The largest absolute Gasteiger partial charge is 0.480 e. The van der Waals surface area contributed by atoms with E-state index in [0.29, 0.717) is 6.54 Å². The molecule has 0 aliphatic carbocycles. The normalized spacial score (nSPS) is 12.1. The van der Waals surface area contributed by atoms with Crippen molar-refractivity contribution in [2.45, 2.75) is 32.9 Å². The maximum Gasteiger partial charge on any atom is 0.317 e. The van der Waals surface area contributed by atoms with Crippen LogP contribution in [0.15, 0.2) is 12.4 Å². The second-order valence-electron chi connectivity index (χ2n) is 4.87. The average molecular weight is 225 g/mol. The monoisotopic (exact) mass is 225 g/mol. The lowest BCUT2D eigenvalue weighted by atomic mass is 10.1. The topological polar surface area (TPSA) is 58.4 Å². The standard InChI is InChI=1S/C11H19N3O2/c1-11(2,3)14(8-10(15)16)7-9-12-5-6-13(9)4/h5-6H,7-8H2,1-4H3,(H,15,16). The van der Waals surface area contributed by atoms with E-state index in [2.05, 4.69) is 4.98 Å². The van der Waals surface area contributed by atoms with Gasteiger partial charge in [0.05, 0.1) is 13.1 Å². The number of hydrogen-bond acceptors (Lipinski definition) is 3. The lowest BCUT2D eigenvalue weighted by Crippen LogP contribution is -2.44. The highest BCUT2D eigenvalue weighted by Gasteiger charge is 2.24. The van der Waals surface area contributed by atoms with Crippen LogP contribution >= 0.6 is 0 Å². The van der Waals surface area contributed by atoms with Gasteiger partial charge in [-0.15, -0.1) is 0 Å². The van der Waals surface area contributed by atoms with Crippen molar-refractivity contribution in [1.29, 1.82) is 0 Å². The predicted molar refractivity (Wildman–Crippen MR) is 61.0 cm³/mol. The van der Waals surface area contributed by atoms with E-state index in [0.717, 1.165) is 5.82 Å². The molecule has 0 aliphatic rings. The molecule has 1 aromatic rings. The molecule has 0 spiro atoms. The van der Waals surface area contributed by atoms with E-state index in [-0.39, 0.29) is 12.1 Å². The summed E-state index contributed by atoms with van der Waals surface area (Å²) in [5.74, 6) is 0.0558. The molecule has 0 aromatic carbocycles. The molecule has 0 unspecified atom stereocenters. The first-order valence-corrected chi connectivity index (χ1v) is 5.24. The van der Waals surface area contributed by atoms with Crippen LogP contribution in [0.3, 0.4) is 0 Å².